The fourth-order valence-corrected chi connectivity index (χ4v) is 2.88. The number of hydrogen-bond acceptors (Lipinski definition) is 3. The molecular formula is C11H15Cl2NO2S. The van der Waals surface area contributed by atoms with Crippen LogP contribution < -0.4 is 5.32 Å². The maximum absolute atomic E-state index is 11.1. The second-order valence-electron chi connectivity index (χ2n) is 4.11. The molecule has 0 radical (unpaired) electrons. The highest BCUT2D eigenvalue weighted by Crippen LogP contribution is 2.20. The van der Waals surface area contributed by atoms with Crippen LogP contribution in [0.1, 0.15) is 12.5 Å². The lowest BCUT2D eigenvalue weighted by Crippen LogP contribution is -2.32. The SMILES string of the molecule is CC(CS(C)(=O)=O)NCc1cc(Cl)ccc1Cl. The zero-order valence-electron chi connectivity index (χ0n) is 9.70. The van der Waals surface area contributed by atoms with Crippen molar-refractivity contribution in [1.29, 1.82) is 0 Å². The van der Waals surface area contributed by atoms with Crippen molar-refractivity contribution >= 4 is 33.0 Å². The Bertz CT molecular complexity index is 488. The van der Waals surface area contributed by atoms with Gasteiger partial charge in [-0.3, -0.25) is 0 Å². The third-order valence-electron chi connectivity index (χ3n) is 2.20. The Hall–Kier alpha value is -0.290. The summed E-state index contributed by atoms with van der Waals surface area (Å²) >= 11 is 11.9. The Balaban J connectivity index is 2.58. The molecular weight excluding hydrogens is 281 g/mol. The van der Waals surface area contributed by atoms with E-state index >= 15 is 0 Å². The fraction of sp³-hybridized carbons (Fsp3) is 0.455. The Morgan fingerprint density at radius 2 is 2.00 bits per heavy atom. The zero-order valence-corrected chi connectivity index (χ0v) is 12.0. The average molecular weight is 296 g/mol. The first kappa shape index (κ1) is 14.8. The summed E-state index contributed by atoms with van der Waals surface area (Å²) in [5, 5.41) is 4.33. The number of halogens is 2. The summed E-state index contributed by atoms with van der Waals surface area (Å²) in [6.07, 6.45) is 1.22. The Morgan fingerprint density at radius 1 is 1.35 bits per heavy atom. The summed E-state index contributed by atoms with van der Waals surface area (Å²) in [5.74, 6) is 0.102. The molecule has 0 aromatic heterocycles. The maximum Gasteiger partial charge on any atom is 0.148 e. The average Bonchev–Trinajstić information content (AvgIpc) is 2.17. The van der Waals surface area contributed by atoms with Gasteiger partial charge in [0.1, 0.15) is 9.84 Å². The van der Waals surface area contributed by atoms with Crippen molar-refractivity contribution in [1.82, 2.24) is 5.32 Å². The molecule has 1 atom stereocenters. The van der Waals surface area contributed by atoms with Crippen molar-refractivity contribution < 1.29 is 8.42 Å². The van der Waals surface area contributed by atoms with Crippen LogP contribution in [-0.2, 0) is 16.4 Å². The van der Waals surface area contributed by atoms with Crippen molar-refractivity contribution in [3.8, 4) is 0 Å². The molecule has 0 fully saturated rings. The van der Waals surface area contributed by atoms with Gasteiger partial charge >= 0.3 is 0 Å². The van der Waals surface area contributed by atoms with E-state index in [1.54, 1.807) is 18.2 Å². The first-order chi connectivity index (χ1) is 7.78. The van der Waals surface area contributed by atoms with Crippen LogP contribution in [0.2, 0.25) is 10.0 Å². The first-order valence-corrected chi connectivity index (χ1v) is 7.94. The molecule has 1 unspecified atom stereocenters. The molecule has 17 heavy (non-hydrogen) atoms. The van der Waals surface area contributed by atoms with Gasteiger partial charge in [-0.2, -0.15) is 0 Å². The molecule has 1 N–H and O–H groups in total. The van der Waals surface area contributed by atoms with Gasteiger partial charge in [0.15, 0.2) is 0 Å². The van der Waals surface area contributed by atoms with E-state index in [9.17, 15) is 8.42 Å². The number of sulfone groups is 1. The molecule has 1 aromatic rings. The number of hydrogen-bond donors (Lipinski definition) is 1. The van der Waals surface area contributed by atoms with E-state index in [0.29, 0.717) is 16.6 Å². The molecule has 0 saturated carbocycles. The zero-order chi connectivity index (χ0) is 13.1. The van der Waals surface area contributed by atoms with Gasteiger partial charge < -0.3 is 5.32 Å². The minimum absolute atomic E-state index is 0.102. The second-order valence-corrected chi connectivity index (χ2v) is 7.14. The molecule has 0 heterocycles. The molecule has 0 aliphatic carbocycles. The number of nitrogens with one attached hydrogen (secondary N) is 1. The van der Waals surface area contributed by atoms with Crippen molar-refractivity contribution in [2.75, 3.05) is 12.0 Å². The van der Waals surface area contributed by atoms with E-state index in [0.717, 1.165) is 5.56 Å². The topological polar surface area (TPSA) is 46.2 Å². The van der Waals surface area contributed by atoms with E-state index in [2.05, 4.69) is 5.32 Å². The molecule has 6 heteroatoms. The van der Waals surface area contributed by atoms with Crippen molar-refractivity contribution in [2.45, 2.75) is 19.5 Å². The highest BCUT2D eigenvalue weighted by Gasteiger charge is 2.10. The number of rotatable bonds is 5. The van der Waals surface area contributed by atoms with Crippen molar-refractivity contribution in [3.63, 3.8) is 0 Å². The normalized spacial score (nSPS) is 13.6. The molecule has 0 spiro atoms. The van der Waals surface area contributed by atoms with E-state index in [1.165, 1.54) is 6.26 Å². The molecule has 0 aliphatic heterocycles. The molecule has 0 aliphatic rings. The van der Waals surface area contributed by atoms with Crippen LogP contribution in [0.5, 0.6) is 0 Å². The summed E-state index contributed by atoms with van der Waals surface area (Å²) in [4.78, 5) is 0. The Labute approximate surface area is 112 Å². The maximum atomic E-state index is 11.1. The molecule has 96 valence electrons. The predicted octanol–water partition coefficient (Wildman–Crippen LogP) is 2.52. The summed E-state index contributed by atoms with van der Waals surface area (Å²) < 4.78 is 22.2. The molecule has 1 aromatic carbocycles. The largest absolute Gasteiger partial charge is 0.309 e. The highest BCUT2D eigenvalue weighted by molar-refractivity contribution is 7.90. The Kier molecular flexibility index (Phi) is 5.25. The van der Waals surface area contributed by atoms with Crippen LogP contribution in [0, 0.1) is 0 Å². The summed E-state index contributed by atoms with van der Waals surface area (Å²) in [6, 6.07) is 5.08. The van der Waals surface area contributed by atoms with Gasteiger partial charge in [0.2, 0.25) is 0 Å². The third kappa shape index (κ3) is 5.73. The van der Waals surface area contributed by atoms with Gasteiger partial charge in [0.25, 0.3) is 0 Å². The molecule has 0 bridgehead atoms. The summed E-state index contributed by atoms with van der Waals surface area (Å²) in [6.45, 7) is 2.32. The second kappa shape index (κ2) is 6.05. The molecule has 0 amide bonds. The summed E-state index contributed by atoms with van der Waals surface area (Å²) in [7, 11) is -2.97. The van der Waals surface area contributed by atoms with Gasteiger partial charge in [-0.15, -0.1) is 0 Å². The lowest BCUT2D eigenvalue weighted by atomic mass is 10.2. The van der Waals surface area contributed by atoms with E-state index in [4.69, 9.17) is 23.2 Å². The predicted molar refractivity (Wildman–Crippen MR) is 72.5 cm³/mol. The smallest absolute Gasteiger partial charge is 0.148 e. The lowest BCUT2D eigenvalue weighted by molar-refractivity contribution is 0.560. The molecule has 0 saturated heterocycles. The van der Waals surface area contributed by atoms with Crippen LogP contribution in [0.15, 0.2) is 18.2 Å². The van der Waals surface area contributed by atoms with Crippen LogP contribution >= 0.6 is 23.2 Å². The van der Waals surface area contributed by atoms with Crippen LogP contribution in [0.4, 0.5) is 0 Å². The molecule has 3 nitrogen and oxygen atoms in total. The quantitative estimate of drug-likeness (QED) is 0.908. The minimum Gasteiger partial charge on any atom is -0.309 e. The highest BCUT2D eigenvalue weighted by atomic mass is 35.5. The van der Waals surface area contributed by atoms with Gasteiger partial charge in [-0.1, -0.05) is 23.2 Å². The lowest BCUT2D eigenvalue weighted by Gasteiger charge is -2.13. The Morgan fingerprint density at radius 3 is 2.59 bits per heavy atom. The van der Waals surface area contributed by atoms with Crippen LogP contribution in [-0.4, -0.2) is 26.5 Å². The molecule has 1 rings (SSSR count). The van der Waals surface area contributed by atoms with E-state index in [-0.39, 0.29) is 11.8 Å². The van der Waals surface area contributed by atoms with Crippen LogP contribution in [0.25, 0.3) is 0 Å². The minimum atomic E-state index is -2.97. The summed E-state index contributed by atoms with van der Waals surface area (Å²) in [5.41, 5.74) is 0.861. The van der Waals surface area contributed by atoms with E-state index < -0.39 is 9.84 Å². The van der Waals surface area contributed by atoms with E-state index in [1.807, 2.05) is 6.92 Å². The third-order valence-corrected chi connectivity index (χ3v) is 3.91. The van der Waals surface area contributed by atoms with Crippen LogP contribution in [0.3, 0.4) is 0 Å². The van der Waals surface area contributed by atoms with Gasteiger partial charge in [-0.05, 0) is 30.7 Å². The monoisotopic (exact) mass is 295 g/mol. The van der Waals surface area contributed by atoms with Crippen molar-refractivity contribution in [2.24, 2.45) is 0 Å². The van der Waals surface area contributed by atoms with Gasteiger partial charge in [0, 0.05) is 28.9 Å². The van der Waals surface area contributed by atoms with Gasteiger partial charge in [0.05, 0.1) is 5.75 Å². The van der Waals surface area contributed by atoms with Crippen molar-refractivity contribution in [3.05, 3.63) is 33.8 Å². The standard InChI is InChI=1S/C11H15Cl2NO2S/c1-8(7-17(2,15)16)14-6-9-5-10(12)3-4-11(9)13/h3-5,8,14H,6-7H2,1-2H3. The fourth-order valence-electron chi connectivity index (χ4n) is 1.48. The number of benzene rings is 1. The van der Waals surface area contributed by atoms with Gasteiger partial charge in [-0.25, -0.2) is 8.42 Å². The first-order valence-electron chi connectivity index (χ1n) is 5.13.